The molecular weight excluding hydrogens is 236 g/mol. The normalized spacial score (nSPS) is 20.5. The fourth-order valence-corrected chi connectivity index (χ4v) is 2.64. The number of likely N-dealkylation sites (tertiary alicyclic amines) is 1. The van der Waals surface area contributed by atoms with Crippen molar-refractivity contribution < 1.29 is 13.9 Å². The summed E-state index contributed by atoms with van der Waals surface area (Å²) in [5.74, 6) is -0.939. The Morgan fingerprint density at radius 3 is 2.67 bits per heavy atom. The first-order valence-corrected chi connectivity index (χ1v) is 6.50. The molecule has 1 heterocycles. The number of benzene rings is 1. The third kappa shape index (κ3) is 3.06. The van der Waals surface area contributed by atoms with Gasteiger partial charge in [-0.3, -0.25) is 4.90 Å². The average Bonchev–Trinajstić information content (AvgIpc) is 2.79. The van der Waals surface area contributed by atoms with Crippen LogP contribution >= 0.6 is 0 Å². The van der Waals surface area contributed by atoms with E-state index in [0.717, 1.165) is 32.2 Å². The Bertz CT molecular complexity index is 377. The molecule has 1 atom stereocenters. The summed E-state index contributed by atoms with van der Waals surface area (Å²) in [6.45, 7) is 1.39. The molecule has 1 N–H and O–H groups in total. The second kappa shape index (κ2) is 6.25. The molecule has 0 aromatic heterocycles. The fraction of sp³-hybridized carbons (Fsp3) is 0.571. The van der Waals surface area contributed by atoms with Crippen LogP contribution in [-0.2, 0) is 6.54 Å². The van der Waals surface area contributed by atoms with E-state index in [0.29, 0.717) is 12.6 Å². The first kappa shape index (κ1) is 13.4. The minimum Gasteiger partial charge on any atom is -0.396 e. The van der Waals surface area contributed by atoms with E-state index in [1.807, 2.05) is 0 Å². The van der Waals surface area contributed by atoms with Gasteiger partial charge in [0.05, 0.1) is 0 Å². The summed E-state index contributed by atoms with van der Waals surface area (Å²) in [6.07, 6.45) is 3.76. The van der Waals surface area contributed by atoms with Gasteiger partial charge in [0, 0.05) is 24.8 Å². The highest BCUT2D eigenvalue weighted by Gasteiger charge is 2.25. The van der Waals surface area contributed by atoms with Gasteiger partial charge in [-0.25, -0.2) is 8.78 Å². The van der Waals surface area contributed by atoms with E-state index in [4.69, 9.17) is 5.11 Å². The zero-order valence-corrected chi connectivity index (χ0v) is 10.4. The number of nitrogens with zero attached hydrogens (tertiary/aromatic N) is 1. The molecule has 100 valence electrons. The SMILES string of the molecule is OCCC[C@H]1CCCN1Cc1c(F)cccc1F. The summed E-state index contributed by atoms with van der Waals surface area (Å²) in [6, 6.07) is 4.34. The topological polar surface area (TPSA) is 23.5 Å². The van der Waals surface area contributed by atoms with Gasteiger partial charge >= 0.3 is 0 Å². The molecule has 0 unspecified atom stereocenters. The molecule has 1 aliphatic heterocycles. The van der Waals surface area contributed by atoms with Crippen molar-refractivity contribution in [2.45, 2.75) is 38.3 Å². The van der Waals surface area contributed by atoms with Gasteiger partial charge < -0.3 is 5.11 Å². The third-order valence-corrected chi connectivity index (χ3v) is 3.62. The molecule has 4 heteroatoms. The zero-order valence-electron chi connectivity index (χ0n) is 10.4. The van der Waals surface area contributed by atoms with Crippen molar-refractivity contribution in [2.75, 3.05) is 13.2 Å². The van der Waals surface area contributed by atoms with Gasteiger partial charge in [0.15, 0.2) is 0 Å². The van der Waals surface area contributed by atoms with E-state index in [1.54, 1.807) is 0 Å². The van der Waals surface area contributed by atoms with E-state index in [-0.39, 0.29) is 12.2 Å². The zero-order chi connectivity index (χ0) is 13.0. The fourth-order valence-electron chi connectivity index (χ4n) is 2.64. The number of aliphatic hydroxyl groups is 1. The van der Waals surface area contributed by atoms with Crippen molar-refractivity contribution >= 4 is 0 Å². The maximum Gasteiger partial charge on any atom is 0.130 e. The average molecular weight is 255 g/mol. The maximum atomic E-state index is 13.6. The van der Waals surface area contributed by atoms with Gasteiger partial charge in [0.2, 0.25) is 0 Å². The summed E-state index contributed by atoms with van der Waals surface area (Å²) in [4.78, 5) is 2.12. The third-order valence-electron chi connectivity index (χ3n) is 3.62. The maximum absolute atomic E-state index is 13.6. The lowest BCUT2D eigenvalue weighted by Crippen LogP contribution is -2.29. The Hall–Kier alpha value is -1.00. The van der Waals surface area contributed by atoms with Crippen LogP contribution in [0.5, 0.6) is 0 Å². The molecule has 18 heavy (non-hydrogen) atoms. The van der Waals surface area contributed by atoms with Crippen LogP contribution in [0.2, 0.25) is 0 Å². The molecule has 0 saturated carbocycles. The smallest absolute Gasteiger partial charge is 0.130 e. The largest absolute Gasteiger partial charge is 0.396 e. The van der Waals surface area contributed by atoms with E-state index in [1.165, 1.54) is 18.2 Å². The molecular formula is C14H19F2NO. The Morgan fingerprint density at radius 1 is 1.28 bits per heavy atom. The number of hydrogen-bond donors (Lipinski definition) is 1. The highest BCUT2D eigenvalue weighted by molar-refractivity contribution is 5.19. The lowest BCUT2D eigenvalue weighted by molar-refractivity contribution is 0.206. The highest BCUT2D eigenvalue weighted by atomic mass is 19.1. The summed E-state index contributed by atoms with van der Waals surface area (Å²) in [5.41, 5.74) is 0.161. The van der Waals surface area contributed by atoms with Crippen LogP contribution in [0.25, 0.3) is 0 Å². The molecule has 0 amide bonds. The van der Waals surface area contributed by atoms with Gasteiger partial charge in [-0.05, 0) is 44.4 Å². The molecule has 1 aliphatic rings. The molecule has 1 aromatic carbocycles. The number of hydrogen-bond acceptors (Lipinski definition) is 2. The molecule has 0 bridgehead atoms. The van der Waals surface area contributed by atoms with E-state index < -0.39 is 11.6 Å². The van der Waals surface area contributed by atoms with E-state index >= 15 is 0 Å². The van der Waals surface area contributed by atoms with Gasteiger partial charge in [0.25, 0.3) is 0 Å². The number of aliphatic hydroxyl groups excluding tert-OH is 1. The van der Waals surface area contributed by atoms with Crippen LogP contribution in [0.1, 0.15) is 31.2 Å². The standard InChI is InChI=1S/C14H19F2NO/c15-13-6-1-7-14(16)12(13)10-17-8-2-4-11(17)5-3-9-18/h1,6-7,11,18H,2-5,8-10H2/t11-/m1/s1. The summed E-state index contributed by atoms with van der Waals surface area (Å²) in [7, 11) is 0. The highest BCUT2D eigenvalue weighted by Crippen LogP contribution is 2.25. The molecule has 2 rings (SSSR count). The van der Waals surface area contributed by atoms with Gasteiger partial charge in [-0.15, -0.1) is 0 Å². The first-order valence-electron chi connectivity index (χ1n) is 6.50. The quantitative estimate of drug-likeness (QED) is 0.874. The lowest BCUT2D eigenvalue weighted by Gasteiger charge is -2.24. The van der Waals surface area contributed by atoms with E-state index in [9.17, 15) is 8.78 Å². The van der Waals surface area contributed by atoms with Crippen molar-refractivity contribution in [3.05, 3.63) is 35.4 Å². The van der Waals surface area contributed by atoms with Crippen LogP contribution < -0.4 is 0 Å². The van der Waals surface area contributed by atoms with Crippen molar-refractivity contribution in [3.63, 3.8) is 0 Å². The molecule has 2 nitrogen and oxygen atoms in total. The Labute approximate surface area is 106 Å². The predicted octanol–water partition coefficient (Wildman–Crippen LogP) is 2.70. The van der Waals surface area contributed by atoms with E-state index in [2.05, 4.69) is 4.90 Å². The molecule has 1 aromatic rings. The molecule has 0 spiro atoms. The minimum absolute atomic E-state index is 0.161. The van der Waals surface area contributed by atoms with Crippen molar-refractivity contribution in [1.29, 1.82) is 0 Å². The van der Waals surface area contributed by atoms with Crippen LogP contribution in [0.3, 0.4) is 0 Å². The predicted molar refractivity (Wildman–Crippen MR) is 66.1 cm³/mol. The van der Waals surface area contributed by atoms with Gasteiger partial charge in [0.1, 0.15) is 11.6 Å². The van der Waals surface area contributed by atoms with Crippen molar-refractivity contribution in [1.82, 2.24) is 4.90 Å². The Kier molecular flexibility index (Phi) is 4.66. The van der Waals surface area contributed by atoms with Gasteiger partial charge in [-0.1, -0.05) is 6.07 Å². The van der Waals surface area contributed by atoms with Gasteiger partial charge in [-0.2, -0.15) is 0 Å². The summed E-state index contributed by atoms with van der Waals surface area (Å²) < 4.78 is 27.2. The molecule has 0 aliphatic carbocycles. The van der Waals surface area contributed by atoms with Crippen LogP contribution in [0.4, 0.5) is 8.78 Å². The molecule has 1 fully saturated rings. The molecule has 1 saturated heterocycles. The monoisotopic (exact) mass is 255 g/mol. The summed E-state index contributed by atoms with van der Waals surface area (Å²) in [5, 5.41) is 8.85. The minimum atomic E-state index is -0.470. The van der Waals surface area contributed by atoms with Crippen LogP contribution in [-0.4, -0.2) is 29.2 Å². The van der Waals surface area contributed by atoms with Crippen molar-refractivity contribution in [2.24, 2.45) is 0 Å². The Morgan fingerprint density at radius 2 is 2.00 bits per heavy atom. The molecule has 0 radical (unpaired) electrons. The number of rotatable bonds is 5. The Balaban J connectivity index is 2.03. The first-order chi connectivity index (χ1) is 8.72. The van der Waals surface area contributed by atoms with Crippen LogP contribution in [0, 0.1) is 11.6 Å². The second-order valence-electron chi connectivity index (χ2n) is 4.83. The number of halogens is 2. The van der Waals surface area contributed by atoms with Crippen molar-refractivity contribution in [3.8, 4) is 0 Å². The summed E-state index contributed by atoms with van der Waals surface area (Å²) >= 11 is 0. The van der Waals surface area contributed by atoms with Crippen LogP contribution in [0.15, 0.2) is 18.2 Å². The lowest BCUT2D eigenvalue weighted by atomic mass is 10.1. The second-order valence-corrected chi connectivity index (χ2v) is 4.83.